The number of nitrogens with two attached hydrogens (primary N) is 1. The van der Waals surface area contributed by atoms with Crippen molar-refractivity contribution in [2.24, 2.45) is 11.7 Å². The van der Waals surface area contributed by atoms with E-state index in [4.69, 9.17) is 26.8 Å². The summed E-state index contributed by atoms with van der Waals surface area (Å²) in [5, 5.41) is -0.720. The van der Waals surface area contributed by atoms with Gasteiger partial charge in [-0.25, -0.2) is 17.2 Å². The number of carbonyl (C=O) groups excluding carboxylic acids is 1. The number of rotatable bonds is 8. The summed E-state index contributed by atoms with van der Waals surface area (Å²) in [6.45, 7) is 1.86. The number of halogens is 3. The minimum absolute atomic E-state index is 0.0404. The summed E-state index contributed by atoms with van der Waals surface area (Å²) in [5.74, 6) is -2.98. The number of hydrogen-bond donors (Lipinski definition) is 1. The van der Waals surface area contributed by atoms with Gasteiger partial charge in [0.05, 0.1) is 18.5 Å². The number of hydrogen-bond acceptors (Lipinski definition) is 5. The van der Waals surface area contributed by atoms with Crippen LogP contribution in [0.15, 0.2) is 36.4 Å². The van der Waals surface area contributed by atoms with Crippen molar-refractivity contribution in [3.05, 3.63) is 64.2 Å². The monoisotopic (exact) mass is 527 g/mol. The van der Waals surface area contributed by atoms with E-state index in [9.17, 15) is 17.6 Å². The Kier molecular flexibility index (Phi) is 7.41. The molecule has 2 N–H and O–H groups in total. The number of carbonyl (C=O) groups is 1. The Bertz CT molecular complexity index is 1210. The molecule has 1 amide bonds. The maximum Gasteiger partial charge on any atom is 0.235 e. The van der Waals surface area contributed by atoms with Gasteiger partial charge in [-0.15, -0.1) is 0 Å². The molecule has 2 aromatic carbocycles. The number of sulfone groups is 1. The fraction of sp³-hybridized carbons (Fsp3) is 0.480. The first kappa shape index (κ1) is 25.9. The highest BCUT2D eigenvalue weighted by Crippen LogP contribution is 2.52. The lowest BCUT2D eigenvalue weighted by molar-refractivity contribution is -0.117. The average Bonchev–Trinajstić information content (AvgIpc) is 2.81. The van der Waals surface area contributed by atoms with E-state index < -0.39 is 50.1 Å². The Morgan fingerprint density at radius 1 is 1.20 bits per heavy atom. The lowest BCUT2D eigenvalue weighted by Crippen LogP contribution is -2.55. The van der Waals surface area contributed by atoms with Crippen molar-refractivity contribution in [3.8, 4) is 5.75 Å². The largest absolute Gasteiger partial charge is 0.490 e. The predicted molar refractivity (Wildman–Crippen MR) is 128 cm³/mol. The van der Waals surface area contributed by atoms with Crippen molar-refractivity contribution >= 4 is 27.3 Å². The lowest BCUT2D eigenvalue weighted by Gasteiger charge is -2.51. The van der Waals surface area contributed by atoms with Gasteiger partial charge >= 0.3 is 0 Å². The van der Waals surface area contributed by atoms with Crippen LogP contribution >= 0.6 is 11.6 Å². The molecular formula is C25H28ClF2NO5S. The molecule has 6 nitrogen and oxygen atoms in total. The van der Waals surface area contributed by atoms with Crippen molar-refractivity contribution < 1.29 is 31.5 Å². The zero-order valence-electron chi connectivity index (χ0n) is 19.3. The van der Waals surface area contributed by atoms with Gasteiger partial charge in [-0.3, -0.25) is 4.79 Å². The van der Waals surface area contributed by atoms with Crippen LogP contribution in [-0.4, -0.2) is 44.6 Å². The first-order valence-electron chi connectivity index (χ1n) is 11.6. The molecule has 1 fully saturated rings. The van der Waals surface area contributed by atoms with Crippen LogP contribution < -0.4 is 10.5 Å². The summed E-state index contributed by atoms with van der Waals surface area (Å²) in [6.07, 6.45) is 0.325. The molecule has 1 unspecified atom stereocenters. The van der Waals surface area contributed by atoms with Gasteiger partial charge in [-0.1, -0.05) is 30.7 Å². The molecule has 2 aliphatic heterocycles. The second-order valence-electron chi connectivity index (χ2n) is 9.22. The van der Waals surface area contributed by atoms with Gasteiger partial charge in [0.25, 0.3) is 0 Å². The predicted octanol–water partition coefficient (Wildman–Crippen LogP) is 3.97. The van der Waals surface area contributed by atoms with E-state index in [1.54, 1.807) is 19.1 Å². The molecule has 4 atom stereocenters. The quantitative estimate of drug-likeness (QED) is 0.560. The van der Waals surface area contributed by atoms with Crippen LogP contribution in [-0.2, 0) is 31.2 Å². The molecule has 35 heavy (non-hydrogen) atoms. The van der Waals surface area contributed by atoms with Crippen LogP contribution in [0.3, 0.4) is 0 Å². The van der Waals surface area contributed by atoms with E-state index in [0.29, 0.717) is 17.9 Å². The molecule has 0 aliphatic carbocycles. The third-order valence-corrected chi connectivity index (χ3v) is 9.73. The van der Waals surface area contributed by atoms with Gasteiger partial charge in [-0.05, 0) is 55.5 Å². The van der Waals surface area contributed by atoms with Crippen LogP contribution in [0, 0.1) is 17.6 Å². The molecule has 0 bridgehead atoms. The van der Waals surface area contributed by atoms with E-state index in [1.807, 2.05) is 12.1 Å². The maximum atomic E-state index is 15.3. The lowest BCUT2D eigenvalue weighted by atomic mass is 9.60. The minimum Gasteiger partial charge on any atom is -0.490 e. The summed E-state index contributed by atoms with van der Waals surface area (Å²) in [5.41, 5.74) is 5.45. The third-order valence-electron chi connectivity index (χ3n) is 7.24. The first-order valence-corrected chi connectivity index (χ1v) is 13.7. The van der Waals surface area contributed by atoms with Gasteiger partial charge in [0.15, 0.2) is 21.4 Å². The Hall–Kier alpha value is -2.23. The fourth-order valence-corrected chi connectivity index (χ4v) is 7.39. The average molecular weight is 528 g/mol. The van der Waals surface area contributed by atoms with E-state index in [0.717, 1.165) is 17.7 Å². The highest BCUT2D eigenvalue weighted by atomic mass is 35.5. The minimum atomic E-state index is -3.81. The molecule has 0 spiro atoms. The van der Waals surface area contributed by atoms with Crippen LogP contribution in [0.5, 0.6) is 5.75 Å². The second-order valence-corrected chi connectivity index (χ2v) is 12.0. The van der Waals surface area contributed by atoms with Crippen LogP contribution in [0.2, 0.25) is 5.02 Å². The Morgan fingerprint density at radius 2 is 1.89 bits per heavy atom. The highest BCUT2D eigenvalue weighted by molar-refractivity contribution is 7.92. The van der Waals surface area contributed by atoms with Gasteiger partial charge in [0.2, 0.25) is 5.91 Å². The summed E-state index contributed by atoms with van der Waals surface area (Å²) in [6, 6.07) is 9.30. The van der Waals surface area contributed by atoms with Crippen molar-refractivity contribution in [1.82, 2.24) is 0 Å². The topological polar surface area (TPSA) is 95.7 Å². The van der Waals surface area contributed by atoms with Crippen molar-refractivity contribution in [3.63, 3.8) is 0 Å². The summed E-state index contributed by atoms with van der Waals surface area (Å²) in [4.78, 5) is 11.6. The Balaban J connectivity index is 1.72. The summed E-state index contributed by atoms with van der Waals surface area (Å²) < 4.78 is 67.3. The number of ether oxygens (including phenoxy) is 2. The van der Waals surface area contributed by atoms with Gasteiger partial charge < -0.3 is 15.2 Å². The van der Waals surface area contributed by atoms with Crippen LogP contribution in [0.25, 0.3) is 0 Å². The van der Waals surface area contributed by atoms with E-state index in [-0.39, 0.29) is 43.1 Å². The van der Waals surface area contributed by atoms with E-state index in [1.165, 1.54) is 0 Å². The third kappa shape index (κ3) is 4.90. The summed E-state index contributed by atoms with van der Waals surface area (Å²) >= 11 is 6.04. The maximum absolute atomic E-state index is 15.3. The Morgan fingerprint density at radius 3 is 2.54 bits per heavy atom. The number of primary amides is 1. The van der Waals surface area contributed by atoms with Crippen molar-refractivity contribution in [2.45, 2.75) is 49.4 Å². The molecule has 2 aromatic rings. The molecule has 0 saturated carbocycles. The first-order chi connectivity index (χ1) is 16.6. The molecule has 0 aromatic heterocycles. The SMILES string of the molecule is CCC(C(N)=O)S(=O)(=O)CC[C@@H]1OCC[C@@]2(Cc3ccc(Cl)cc3)c3c(F)ccc(F)c3OC[C@@H]12. The molecule has 10 heteroatoms. The standard InChI is InChI=1S/C25H28ClF2NO5S/c1-2-21(24(29)30)35(31,32)12-9-20-17-14-34-23-19(28)8-7-18(27)22(23)25(17,10-11-33-20)13-15-3-5-16(26)6-4-15/h3-8,17,20-21H,2,9-14H2,1H3,(H2,29,30)/t17-,20-,21?,25-/m0/s1. The van der Waals surface area contributed by atoms with Gasteiger partial charge in [0, 0.05) is 28.5 Å². The molecule has 2 aliphatic rings. The molecule has 2 heterocycles. The normalized spacial score (nSPS) is 24.7. The van der Waals surface area contributed by atoms with Crippen LogP contribution in [0.1, 0.15) is 37.3 Å². The second kappa shape index (κ2) is 10.0. The van der Waals surface area contributed by atoms with Crippen molar-refractivity contribution in [1.29, 1.82) is 0 Å². The fourth-order valence-electron chi connectivity index (χ4n) is 5.55. The number of fused-ring (bicyclic) bond motifs is 3. The van der Waals surface area contributed by atoms with E-state index in [2.05, 4.69) is 0 Å². The molecule has 1 saturated heterocycles. The molecule has 0 radical (unpaired) electrons. The van der Waals surface area contributed by atoms with Crippen LogP contribution in [0.4, 0.5) is 8.78 Å². The summed E-state index contributed by atoms with van der Waals surface area (Å²) in [7, 11) is -3.81. The van der Waals surface area contributed by atoms with Gasteiger partial charge in [-0.2, -0.15) is 0 Å². The Labute approximate surface area is 208 Å². The molecule has 190 valence electrons. The van der Waals surface area contributed by atoms with E-state index >= 15 is 4.39 Å². The highest BCUT2D eigenvalue weighted by Gasteiger charge is 2.53. The number of amides is 1. The van der Waals surface area contributed by atoms with Crippen molar-refractivity contribution in [2.75, 3.05) is 19.0 Å². The zero-order chi connectivity index (χ0) is 25.4. The van der Waals surface area contributed by atoms with Gasteiger partial charge in [0.1, 0.15) is 11.1 Å². The smallest absolute Gasteiger partial charge is 0.235 e. The molecular weight excluding hydrogens is 500 g/mol. The number of benzene rings is 2. The zero-order valence-corrected chi connectivity index (χ0v) is 20.9. The molecule has 4 rings (SSSR count).